The van der Waals surface area contributed by atoms with Gasteiger partial charge in [0.1, 0.15) is 5.75 Å². The van der Waals surface area contributed by atoms with Gasteiger partial charge in [-0.15, -0.1) is 0 Å². The lowest BCUT2D eigenvalue weighted by molar-refractivity contribution is 0.314. The molecule has 0 aliphatic rings. The molecular formula is C16H17NO2. The highest BCUT2D eigenvalue weighted by Gasteiger charge is 2.06. The van der Waals surface area contributed by atoms with Crippen LogP contribution in [0.25, 0.3) is 0 Å². The monoisotopic (exact) mass is 255 g/mol. The van der Waals surface area contributed by atoms with Crippen molar-refractivity contribution in [3.8, 4) is 5.75 Å². The Labute approximate surface area is 113 Å². The Morgan fingerprint density at radius 1 is 1.05 bits per heavy atom. The topological polar surface area (TPSA) is 41.8 Å². The summed E-state index contributed by atoms with van der Waals surface area (Å²) in [6.07, 6.45) is 0.852. The average molecular weight is 255 g/mol. The minimum absolute atomic E-state index is 0.551. The van der Waals surface area contributed by atoms with E-state index in [1.165, 1.54) is 5.56 Å². The molecule has 0 aliphatic heterocycles. The zero-order valence-corrected chi connectivity index (χ0v) is 10.9. The van der Waals surface area contributed by atoms with Gasteiger partial charge in [0.2, 0.25) is 0 Å². The molecule has 0 atom stereocenters. The number of oxime groups is 1. The summed E-state index contributed by atoms with van der Waals surface area (Å²) in [5, 5.41) is 12.1. The van der Waals surface area contributed by atoms with Crippen molar-refractivity contribution < 1.29 is 9.94 Å². The maximum absolute atomic E-state index is 8.85. The Bertz CT molecular complexity index is 550. The standard InChI is InChI=1S/C16H17NO2/c1-13(17-18)15-9-5-6-10-16(15)19-12-11-14-7-3-2-4-8-14/h2-10,18H,11-12H2,1H3/b17-13+. The van der Waals surface area contributed by atoms with E-state index in [1.807, 2.05) is 42.5 Å². The molecule has 0 aromatic heterocycles. The first-order valence-electron chi connectivity index (χ1n) is 6.26. The molecule has 19 heavy (non-hydrogen) atoms. The number of benzene rings is 2. The lowest BCUT2D eigenvalue weighted by Crippen LogP contribution is -2.05. The largest absolute Gasteiger partial charge is 0.493 e. The molecule has 0 heterocycles. The van der Waals surface area contributed by atoms with E-state index in [4.69, 9.17) is 9.94 Å². The molecule has 98 valence electrons. The van der Waals surface area contributed by atoms with Crippen LogP contribution in [0.15, 0.2) is 59.8 Å². The Morgan fingerprint density at radius 3 is 2.47 bits per heavy atom. The Morgan fingerprint density at radius 2 is 1.74 bits per heavy atom. The van der Waals surface area contributed by atoms with Crippen LogP contribution in [0.4, 0.5) is 0 Å². The second kappa shape index (κ2) is 6.59. The SMILES string of the molecule is C/C(=N\O)c1ccccc1OCCc1ccccc1. The summed E-state index contributed by atoms with van der Waals surface area (Å²) < 4.78 is 5.77. The van der Waals surface area contributed by atoms with Crippen LogP contribution in [0.1, 0.15) is 18.1 Å². The van der Waals surface area contributed by atoms with Crippen LogP contribution in [0.3, 0.4) is 0 Å². The lowest BCUT2D eigenvalue weighted by atomic mass is 10.1. The average Bonchev–Trinajstić information content (AvgIpc) is 2.48. The molecule has 0 amide bonds. The summed E-state index contributed by atoms with van der Waals surface area (Å²) in [7, 11) is 0. The molecule has 3 heteroatoms. The van der Waals surface area contributed by atoms with Gasteiger partial charge in [-0.3, -0.25) is 0 Å². The quantitative estimate of drug-likeness (QED) is 0.504. The normalized spacial score (nSPS) is 11.3. The molecule has 1 N–H and O–H groups in total. The summed E-state index contributed by atoms with van der Waals surface area (Å²) in [6, 6.07) is 17.8. The Hall–Kier alpha value is -2.29. The fourth-order valence-electron chi connectivity index (χ4n) is 1.87. The predicted molar refractivity (Wildman–Crippen MR) is 76.1 cm³/mol. The summed E-state index contributed by atoms with van der Waals surface area (Å²) in [6.45, 7) is 2.35. The predicted octanol–water partition coefficient (Wildman–Crippen LogP) is 3.51. The molecule has 0 saturated carbocycles. The Balaban J connectivity index is 2.00. The van der Waals surface area contributed by atoms with Crippen molar-refractivity contribution in [3.63, 3.8) is 0 Å². The fourth-order valence-corrected chi connectivity index (χ4v) is 1.87. The molecule has 0 saturated heterocycles. The van der Waals surface area contributed by atoms with Gasteiger partial charge >= 0.3 is 0 Å². The number of para-hydroxylation sites is 1. The third-order valence-electron chi connectivity index (χ3n) is 2.92. The smallest absolute Gasteiger partial charge is 0.128 e. The van der Waals surface area contributed by atoms with E-state index in [9.17, 15) is 0 Å². The molecule has 2 aromatic rings. The van der Waals surface area contributed by atoms with Crippen molar-refractivity contribution in [1.82, 2.24) is 0 Å². The van der Waals surface area contributed by atoms with Crippen molar-refractivity contribution in [1.29, 1.82) is 0 Å². The van der Waals surface area contributed by atoms with E-state index < -0.39 is 0 Å². The van der Waals surface area contributed by atoms with Gasteiger partial charge in [-0.1, -0.05) is 47.6 Å². The summed E-state index contributed by atoms with van der Waals surface area (Å²) >= 11 is 0. The molecule has 0 bridgehead atoms. The van der Waals surface area contributed by atoms with E-state index in [1.54, 1.807) is 6.92 Å². The van der Waals surface area contributed by atoms with Gasteiger partial charge in [0.15, 0.2) is 0 Å². The van der Waals surface area contributed by atoms with E-state index in [0.29, 0.717) is 12.3 Å². The Kier molecular flexibility index (Phi) is 4.56. The van der Waals surface area contributed by atoms with Crippen LogP contribution < -0.4 is 4.74 Å². The molecular weight excluding hydrogens is 238 g/mol. The third kappa shape index (κ3) is 3.58. The molecule has 0 aliphatic carbocycles. The highest BCUT2D eigenvalue weighted by atomic mass is 16.5. The lowest BCUT2D eigenvalue weighted by Gasteiger charge is -2.10. The van der Waals surface area contributed by atoms with Gasteiger partial charge < -0.3 is 9.94 Å². The number of nitrogens with zero attached hydrogens (tertiary/aromatic N) is 1. The highest BCUT2D eigenvalue weighted by Crippen LogP contribution is 2.19. The first kappa shape index (κ1) is 13.1. The van der Waals surface area contributed by atoms with Gasteiger partial charge in [-0.2, -0.15) is 0 Å². The molecule has 2 aromatic carbocycles. The van der Waals surface area contributed by atoms with Gasteiger partial charge in [-0.05, 0) is 24.6 Å². The van der Waals surface area contributed by atoms with Crippen molar-refractivity contribution in [3.05, 3.63) is 65.7 Å². The first-order valence-corrected chi connectivity index (χ1v) is 6.26. The van der Waals surface area contributed by atoms with Crippen LogP contribution in [-0.4, -0.2) is 17.5 Å². The van der Waals surface area contributed by atoms with Crippen molar-refractivity contribution in [2.24, 2.45) is 5.16 Å². The minimum Gasteiger partial charge on any atom is -0.493 e. The molecule has 2 rings (SSSR count). The van der Waals surface area contributed by atoms with Gasteiger partial charge in [0.05, 0.1) is 12.3 Å². The highest BCUT2D eigenvalue weighted by molar-refractivity contribution is 6.00. The van der Waals surface area contributed by atoms with E-state index >= 15 is 0 Å². The summed E-state index contributed by atoms with van der Waals surface area (Å²) in [4.78, 5) is 0. The minimum atomic E-state index is 0.551. The van der Waals surface area contributed by atoms with Crippen LogP contribution in [-0.2, 0) is 6.42 Å². The summed E-state index contributed by atoms with van der Waals surface area (Å²) in [5.41, 5.74) is 2.61. The zero-order valence-electron chi connectivity index (χ0n) is 10.9. The third-order valence-corrected chi connectivity index (χ3v) is 2.92. The first-order chi connectivity index (χ1) is 9.31. The summed E-state index contributed by atoms with van der Waals surface area (Å²) in [5.74, 6) is 0.744. The van der Waals surface area contributed by atoms with Crippen LogP contribution in [0.5, 0.6) is 5.75 Å². The maximum atomic E-state index is 8.85. The van der Waals surface area contributed by atoms with Crippen LogP contribution >= 0.6 is 0 Å². The molecule has 0 fully saturated rings. The number of rotatable bonds is 5. The van der Waals surface area contributed by atoms with Gasteiger partial charge in [0, 0.05) is 12.0 Å². The van der Waals surface area contributed by atoms with E-state index in [-0.39, 0.29) is 0 Å². The van der Waals surface area contributed by atoms with Crippen molar-refractivity contribution in [2.45, 2.75) is 13.3 Å². The van der Waals surface area contributed by atoms with Gasteiger partial charge in [0.25, 0.3) is 0 Å². The number of hydrogen-bond donors (Lipinski definition) is 1. The second-order valence-electron chi connectivity index (χ2n) is 4.27. The van der Waals surface area contributed by atoms with Gasteiger partial charge in [-0.25, -0.2) is 0 Å². The second-order valence-corrected chi connectivity index (χ2v) is 4.27. The molecule has 0 spiro atoms. The molecule has 0 unspecified atom stereocenters. The zero-order chi connectivity index (χ0) is 13.5. The van der Waals surface area contributed by atoms with E-state index in [0.717, 1.165) is 17.7 Å². The molecule has 3 nitrogen and oxygen atoms in total. The van der Waals surface area contributed by atoms with Crippen molar-refractivity contribution in [2.75, 3.05) is 6.61 Å². The van der Waals surface area contributed by atoms with Crippen LogP contribution in [0.2, 0.25) is 0 Å². The number of ether oxygens (including phenoxy) is 1. The fraction of sp³-hybridized carbons (Fsp3) is 0.188. The number of hydrogen-bond acceptors (Lipinski definition) is 3. The van der Waals surface area contributed by atoms with Crippen LogP contribution in [0, 0.1) is 0 Å². The van der Waals surface area contributed by atoms with E-state index in [2.05, 4.69) is 17.3 Å². The molecule has 0 radical (unpaired) electrons. The van der Waals surface area contributed by atoms with Crippen molar-refractivity contribution >= 4 is 5.71 Å². The maximum Gasteiger partial charge on any atom is 0.128 e.